The Morgan fingerprint density at radius 1 is 1.29 bits per heavy atom. The molecular weight excluding hydrogens is 312 g/mol. The normalized spacial score (nSPS) is 24.9. The van der Waals surface area contributed by atoms with Gasteiger partial charge in [-0.25, -0.2) is 0 Å². The Morgan fingerprint density at radius 2 is 1.96 bits per heavy atom. The molecule has 0 heterocycles. The van der Waals surface area contributed by atoms with E-state index < -0.39 is 29.4 Å². The van der Waals surface area contributed by atoms with Crippen LogP contribution in [0, 0.1) is 5.92 Å². The first-order chi connectivity index (χ1) is 11.4. The molecule has 1 fully saturated rings. The molecule has 0 radical (unpaired) electrons. The number of hydrogen-bond acceptors (Lipinski definition) is 6. The van der Waals surface area contributed by atoms with Gasteiger partial charge in [-0.3, -0.25) is 9.59 Å². The minimum absolute atomic E-state index is 0.151. The predicted molar refractivity (Wildman–Crippen MR) is 86.9 cm³/mol. The highest BCUT2D eigenvalue weighted by molar-refractivity contribution is 6.05. The molecule has 1 aliphatic carbocycles. The molecule has 2 N–H and O–H groups in total. The third-order valence-corrected chi connectivity index (χ3v) is 4.37. The van der Waals surface area contributed by atoms with Crippen molar-refractivity contribution in [2.75, 3.05) is 13.7 Å². The van der Waals surface area contributed by atoms with Gasteiger partial charge in [-0.05, 0) is 44.0 Å². The number of ether oxygens (including phenoxy) is 2. The van der Waals surface area contributed by atoms with E-state index in [0.717, 1.165) is 6.42 Å². The van der Waals surface area contributed by atoms with Crippen LogP contribution in [0.3, 0.4) is 0 Å². The number of carbonyl (C=O) groups excluding carboxylic acids is 2. The van der Waals surface area contributed by atoms with Gasteiger partial charge < -0.3 is 19.7 Å². The second-order valence-corrected chi connectivity index (χ2v) is 6.26. The number of hydrogen-bond donors (Lipinski definition) is 2. The van der Waals surface area contributed by atoms with Gasteiger partial charge in [0.05, 0.1) is 19.1 Å². The van der Waals surface area contributed by atoms with E-state index in [2.05, 4.69) is 0 Å². The number of esters is 1. The maximum atomic E-state index is 12.8. The molecule has 1 saturated carbocycles. The zero-order valence-corrected chi connectivity index (χ0v) is 14.0. The van der Waals surface area contributed by atoms with Crippen LogP contribution in [0.25, 0.3) is 0 Å². The smallest absolute Gasteiger partial charge is 0.312 e. The molecule has 24 heavy (non-hydrogen) atoms. The van der Waals surface area contributed by atoms with Crippen LogP contribution >= 0.6 is 0 Å². The zero-order chi connectivity index (χ0) is 17.7. The summed E-state index contributed by atoms with van der Waals surface area (Å²) in [6, 6.07) is 6.43. The average molecular weight is 336 g/mol. The Kier molecular flexibility index (Phi) is 5.96. The van der Waals surface area contributed by atoms with Crippen LogP contribution in [0.1, 0.15) is 43.0 Å². The molecule has 0 saturated heterocycles. The summed E-state index contributed by atoms with van der Waals surface area (Å²) in [6.07, 6.45) is 1.22. The molecule has 6 nitrogen and oxygen atoms in total. The van der Waals surface area contributed by atoms with Crippen LogP contribution in [0.2, 0.25) is 0 Å². The van der Waals surface area contributed by atoms with Crippen molar-refractivity contribution in [3.8, 4) is 5.75 Å². The van der Waals surface area contributed by atoms with Gasteiger partial charge in [0.25, 0.3) is 0 Å². The molecule has 1 aromatic rings. The first-order valence-electron chi connectivity index (χ1n) is 8.14. The quantitative estimate of drug-likeness (QED) is 0.607. The van der Waals surface area contributed by atoms with E-state index in [1.165, 1.54) is 14.0 Å². The molecule has 1 aliphatic rings. The van der Waals surface area contributed by atoms with E-state index in [-0.39, 0.29) is 13.0 Å². The zero-order valence-electron chi connectivity index (χ0n) is 14.0. The standard InChI is InChI=1S/C18H24O6/c1-12(19)11-24-17(21)15-5-3-4-10-18(15,22)16(20)13-6-8-14(23-2)9-7-13/h6-9,12,15,19,22H,3-5,10-11H2,1-2H3. The number of Topliss-reactive ketones (excluding diaryl/α,β-unsaturated/α-hetero) is 1. The highest BCUT2D eigenvalue weighted by Crippen LogP contribution is 2.37. The van der Waals surface area contributed by atoms with Crippen LogP contribution < -0.4 is 4.74 Å². The fourth-order valence-corrected chi connectivity index (χ4v) is 3.04. The lowest BCUT2D eigenvalue weighted by molar-refractivity contribution is -0.161. The third kappa shape index (κ3) is 3.94. The molecule has 1 aromatic carbocycles. The second kappa shape index (κ2) is 7.77. The van der Waals surface area contributed by atoms with Gasteiger partial charge in [0, 0.05) is 5.56 Å². The topological polar surface area (TPSA) is 93.1 Å². The Hall–Kier alpha value is -1.92. The SMILES string of the molecule is COc1ccc(C(=O)C2(O)CCCCC2C(=O)OCC(C)O)cc1. The van der Waals surface area contributed by atoms with E-state index in [4.69, 9.17) is 9.47 Å². The van der Waals surface area contributed by atoms with Crippen molar-refractivity contribution in [1.82, 2.24) is 0 Å². The number of rotatable bonds is 6. The summed E-state index contributed by atoms with van der Waals surface area (Å²) in [5.74, 6) is -1.43. The van der Waals surface area contributed by atoms with Crippen molar-refractivity contribution in [3.63, 3.8) is 0 Å². The minimum Gasteiger partial charge on any atom is -0.497 e. The van der Waals surface area contributed by atoms with Gasteiger partial charge in [0.15, 0.2) is 5.78 Å². The first kappa shape index (κ1) is 18.4. The average Bonchev–Trinajstić information content (AvgIpc) is 2.59. The van der Waals surface area contributed by atoms with E-state index in [9.17, 15) is 19.8 Å². The Bertz CT molecular complexity index is 580. The number of carbonyl (C=O) groups is 2. The van der Waals surface area contributed by atoms with Gasteiger partial charge in [-0.1, -0.05) is 12.8 Å². The van der Waals surface area contributed by atoms with Crippen molar-refractivity contribution < 1.29 is 29.3 Å². The lowest BCUT2D eigenvalue weighted by Gasteiger charge is -2.37. The highest BCUT2D eigenvalue weighted by Gasteiger charge is 2.49. The van der Waals surface area contributed by atoms with Gasteiger partial charge in [-0.15, -0.1) is 0 Å². The van der Waals surface area contributed by atoms with Gasteiger partial charge in [-0.2, -0.15) is 0 Å². The van der Waals surface area contributed by atoms with E-state index in [0.29, 0.717) is 24.2 Å². The number of aliphatic hydroxyl groups is 2. The van der Waals surface area contributed by atoms with E-state index in [1.807, 2.05) is 0 Å². The number of benzene rings is 1. The number of methoxy groups -OCH3 is 1. The Labute approximate surface area is 141 Å². The van der Waals surface area contributed by atoms with Crippen LogP contribution in [0.5, 0.6) is 5.75 Å². The summed E-state index contributed by atoms with van der Waals surface area (Å²) in [5.41, 5.74) is -1.45. The molecule has 0 aliphatic heterocycles. The fourth-order valence-electron chi connectivity index (χ4n) is 3.04. The highest BCUT2D eigenvalue weighted by atomic mass is 16.5. The molecule has 6 heteroatoms. The molecule has 3 unspecified atom stereocenters. The summed E-state index contributed by atoms with van der Waals surface area (Å²) < 4.78 is 10.1. The lowest BCUT2D eigenvalue weighted by Crippen LogP contribution is -2.51. The molecule has 3 atom stereocenters. The van der Waals surface area contributed by atoms with Crippen LogP contribution in [-0.2, 0) is 9.53 Å². The van der Waals surface area contributed by atoms with Crippen molar-refractivity contribution in [3.05, 3.63) is 29.8 Å². The van der Waals surface area contributed by atoms with Crippen LogP contribution in [-0.4, -0.2) is 47.4 Å². The van der Waals surface area contributed by atoms with Crippen molar-refractivity contribution in [2.24, 2.45) is 5.92 Å². The summed E-state index contributed by atoms with van der Waals surface area (Å²) in [7, 11) is 1.53. The largest absolute Gasteiger partial charge is 0.497 e. The molecule has 0 spiro atoms. The lowest BCUT2D eigenvalue weighted by atomic mass is 9.71. The van der Waals surface area contributed by atoms with Crippen LogP contribution in [0.15, 0.2) is 24.3 Å². The maximum Gasteiger partial charge on any atom is 0.312 e. The van der Waals surface area contributed by atoms with Crippen molar-refractivity contribution in [2.45, 2.75) is 44.3 Å². The summed E-state index contributed by atoms with van der Waals surface area (Å²) in [5, 5.41) is 20.2. The number of aliphatic hydroxyl groups excluding tert-OH is 1. The summed E-state index contributed by atoms with van der Waals surface area (Å²) >= 11 is 0. The van der Waals surface area contributed by atoms with Crippen LogP contribution in [0.4, 0.5) is 0 Å². The fraction of sp³-hybridized carbons (Fsp3) is 0.556. The van der Waals surface area contributed by atoms with Crippen molar-refractivity contribution >= 4 is 11.8 Å². The molecule has 0 amide bonds. The molecule has 0 bridgehead atoms. The Balaban J connectivity index is 2.21. The minimum atomic E-state index is -1.78. The molecule has 132 valence electrons. The van der Waals surface area contributed by atoms with E-state index >= 15 is 0 Å². The van der Waals surface area contributed by atoms with Gasteiger partial charge >= 0.3 is 5.97 Å². The van der Waals surface area contributed by atoms with Gasteiger partial charge in [0.1, 0.15) is 18.0 Å². The third-order valence-electron chi connectivity index (χ3n) is 4.37. The Morgan fingerprint density at radius 3 is 2.54 bits per heavy atom. The molecule has 2 rings (SSSR count). The van der Waals surface area contributed by atoms with Gasteiger partial charge in [0.2, 0.25) is 0 Å². The molecular formula is C18H24O6. The number of ketones is 1. The van der Waals surface area contributed by atoms with E-state index in [1.54, 1.807) is 24.3 Å². The monoisotopic (exact) mass is 336 g/mol. The summed E-state index contributed by atoms with van der Waals surface area (Å²) in [6.45, 7) is 1.35. The maximum absolute atomic E-state index is 12.8. The molecule has 0 aromatic heterocycles. The predicted octanol–water partition coefficient (Wildman–Crippen LogP) is 1.72. The van der Waals surface area contributed by atoms with Crippen molar-refractivity contribution in [1.29, 1.82) is 0 Å². The second-order valence-electron chi connectivity index (χ2n) is 6.26. The first-order valence-corrected chi connectivity index (χ1v) is 8.14. The summed E-state index contributed by atoms with van der Waals surface area (Å²) in [4.78, 5) is 25.1.